The van der Waals surface area contributed by atoms with E-state index in [-0.39, 0.29) is 30.8 Å². The first-order chi connectivity index (χ1) is 14.0. The van der Waals surface area contributed by atoms with Crippen molar-refractivity contribution in [2.45, 2.75) is 11.4 Å². The fraction of sp³-hybridized carbons (Fsp3) is 0.333. The van der Waals surface area contributed by atoms with E-state index in [9.17, 15) is 14.0 Å². The lowest BCUT2D eigenvalue weighted by Crippen LogP contribution is -2.51. The molecule has 0 saturated carbocycles. The van der Waals surface area contributed by atoms with Crippen LogP contribution in [0.1, 0.15) is 11.1 Å². The molecule has 2 aromatic carbocycles. The number of halogens is 1. The maximum absolute atomic E-state index is 14.3. The summed E-state index contributed by atoms with van der Waals surface area (Å²) >= 11 is 1.41. The number of amides is 2. The Morgan fingerprint density at radius 1 is 1.24 bits per heavy atom. The number of fused-ring (bicyclic) bond motifs is 2. The molecule has 1 atom stereocenters. The molecule has 29 heavy (non-hydrogen) atoms. The summed E-state index contributed by atoms with van der Waals surface area (Å²) < 4.78 is 24.7. The molecule has 0 N–H and O–H groups in total. The van der Waals surface area contributed by atoms with Crippen molar-refractivity contribution in [1.82, 2.24) is 4.90 Å². The molecular weight excluding hydrogens is 395 g/mol. The summed E-state index contributed by atoms with van der Waals surface area (Å²) in [5.74, 6) is 0.326. The van der Waals surface area contributed by atoms with Crippen molar-refractivity contribution in [2.24, 2.45) is 0 Å². The van der Waals surface area contributed by atoms with Crippen LogP contribution in [0.5, 0.6) is 5.75 Å². The van der Waals surface area contributed by atoms with Crippen LogP contribution in [-0.2, 0) is 25.7 Å². The molecular formula is C21H21FN2O4S. The molecule has 2 aliphatic rings. The number of anilines is 1. The van der Waals surface area contributed by atoms with Crippen molar-refractivity contribution in [3.63, 3.8) is 0 Å². The van der Waals surface area contributed by atoms with Crippen LogP contribution in [0.2, 0.25) is 0 Å². The highest BCUT2D eigenvalue weighted by molar-refractivity contribution is 8.01. The highest BCUT2D eigenvalue weighted by Gasteiger charge is 2.59. The Balaban J connectivity index is 1.82. The Morgan fingerprint density at radius 3 is 2.76 bits per heavy atom. The summed E-state index contributed by atoms with van der Waals surface area (Å²) in [6.45, 7) is 0.407. The van der Waals surface area contributed by atoms with Gasteiger partial charge in [-0.15, -0.1) is 11.8 Å². The molecule has 2 aliphatic heterocycles. The molecule has 1 saturated heterocycles. The van der Waals surface area contributed by atoms with Gasteiger partial charge in [-0.25, -0.2) is 4.39 Å². The van der Waals surface area contributed by atoms with Crippen LogP contribution in [0.15, 0.2) is 42.5 Å². The van der Waals surface area contributed by atoms with Crippen LogP contribution in [-0.4, -0.2) is 49.8 Å². The zero-order valence-corrected chi connectivity index (χ0v) is 17.0. The van der Waals surface area contributed by atoms with Crippen molar-refractivity contribution in [1.29, 1.82) is 0 Å². The van der Waals surface area contributed by atoms with Gasteiger partial charge in [0.25, 0.3) is 5.91 Å². The minimum absolute atomic E-state index is 0.0828. The molecule has 0 bridgehead atoms. The van der Waals surface area contributed by atoms with Crippen LogP contribution in [0, 0.1) is 5.82 Å². The van der Waals surface area contributed by atoms with Gasteiger partial charge in [-0.3, -0.25) is 9.59 Å². The fourth-order valence-corrected chi connectivity index (χ4v) is 5.40. The largest absolute Gasteiger partial charge is 0.497 e. The molecule has 4 rings (SSSR count). The molecule has 152 valence electrons. The van der Waals surface area contributed by atoms with Gasteiger partial charge in [0, 0.05) is 30.5 Å². The van der Waals surface area contributed by atoms with Gasteiger partial charge in [0.05, 0.1) is 19.3 Å². The Bertz CT molecular complexity index is 969. The first kappa shape index (κ1) is 19.7. The topological polar surface area (TPSA) is 59.1 Å². The molecule has 8 heteroatoms. The summed E-state index contributed by atoms with van der Waals surface area (Å²) in [6.07, 6.45) is 0. The second-order valence-electron chi connectivity index (χ2n) is 6.84. The maximum Gasteiger partial charge on any atom is 0.268 e. The van der Waals surface area contributed by atoms with Crippen LogP contribution in [0.3, 0.4) is 0 Å². The van der Waals surface area contributed by atoms with E-state index in [1.807, 2.05) is 0 Å². The van der Waals surface area contributed by atoms with Crippen LogP contribution in [0.25, 0.3) is 0 Å². The van der Waals surface area contributed by atoms with E-state index in [0.717, 1.165) is 0 Å². The molecule has 0 aromatic heterocycles. The lowest BCUT2D eigenvalue weighted by molar-refractivity contribution is -0.143. The summed E-state index contributed by atoms with van der Waals surface area (Å²) in [4.78, 5) is 28.4. The number of thioether (sulfide) groups is 1. The third-order valence-electron chi connectivity index (χ3n) is 5.26. The molecule has 1 unspecified atom stereocenters. The normalized spacial score (nSPS) is 20.4. The predicted molar refractivity (Wildman–Crippen MR) is 108 cm³/mol. The zero-order chi connectivity index (χ0) is 20.6. The van der Waals surface area contributed by atoms with Gasteiger partial charge in [-0.05, 0) is 24.3 Å². The highest BCUT2D eigenvalue weighted by Crippen LogP contribution is 2.55. The number of benzene rings is 2. The van der Waals surface area contributed by atoms with E-state index in [1.165, 1.54) is 24.9 Å². The predicted octanol–water partition coefficient (Wildman–Crippen LogP) is 2.76. The van der Waals surface area contributed by atoms with Crippen molar-refractivity contribution >= 4 is 29.3 Å². The first-order valence-electron chi connectivity index (χ1n) is 9.20. The molecule has 1 spiro atoms. The SMILES string of the molecule is COCC(=O)N1CCSC12C(=O)N(Cc1ccccc1F)c1ccc(OC)cc12. The van der Waals surface area contributed by atoms with E-state index < -0.39 is 4.87 Å². The third kappa shape index (κ3) is 3.07. The van der Waals surface area contributed by atoms with Crippen molar-refractivity contribution in [3.05, 3.63) is 59.4 Å². The summed E-state index contributed by atoms with van der Waals surface area (Å²) in [5, 5.41) is 0. The van der Waals surface area contributed by atoms with Gasteiger partial charge in [-0.2, -0.15) is 0 Å². The third-order valence-corrected chi connectivity index (χ3v) is 6.68. The fourth-order valence-electron chi connectivity index (χ4n) is 3.93. The van der Waals surface area contributed by atoms with Crippen molar-refractivity contribution in [3.8, 4) is 5.75 Å². The standard InChI is InChI=1S/C21H21FN2O4S/c1-27-13-19(25)24-9-10-29-21(24)16-11-15(28-2)7-8-18(16)23(20(21)26)12-14-5-3-4-6-17(14)22/h3-8,11H,9-10,12-13H2,1-2H3. The average molecular weight is 416 g/mol. The number of carbonyl (C=O) groups is 2. The number of hydrogen-bond acceptors (Lipinski definition) is 5. The minimum Gasteiger partial charge on any atom is -0.497 e. The van der Waals surface area contributed by atoms with Gasteiger partial charge in [0.1, 0.15) is 18.2 Å². The Morgan fingerprint density at radius 2 is 2.03 bits per heavy atom. The number of rotatable bonds is 5. The van der Waals surface area contributed by atoms with Gasteiger partial charge >= 0.3 is 0 Å². The second-order valence-corrected chi connectivity index (χ2v) is 8.12. The summed E-state index contributed by atoms with van der Waals surface area (Å²) in [5.41, 5.74) is 1.76. The van der Waals surface area contributed by atoms with Crippen LogP contribution >= 0.6 is 11.8 Å². The monoisotopic (exact) mass is 416 g/mol. The van der Waals surface area contributed by atoms with Crippen molar-refractivity contribution < 1.29 is 23.5 Å². The molecule has 0 radical (unpaired) electrons. The minimum atomic E-state index is -1.19. The smallest absolute Gasteiger partial charge is 0.268 e. The second kappa shape index (κ2) is 7.68. The lowest BCUT2D eigenvalue weighted by atomic mass is 10.1. The van der Waals surface area contributed by atoms with E-state index in [2.05, 4.69) is 0 Å². The average Bonchev–Trinajstić information content (AvgIpc) is 3.27. The van der Waals surface area contributed by atoms with E-state index in [4.69, 9.17) is 9.47 Å². The van der Waals surface area contributed by atoms with Crippen LogP contribution in [0.4, 0.5) is 10.1 Å². The summed E-state index contributed by atoms with van der Waals surface area (Å²) in [7, 11) is 3.00. The molecule has 2 amide bonds. The molecule has 0 aliphatic carbocycles. The molecule has 2 heterocycles. The lowest BCUT2D eigenvalue weighted by Gasteiger charge is -2.33. The Labute approximate surface area is 172 Å². The first-order valence-corrected chi connectivity index (χ1v) is 10.2. The highest BCUT2D eigenvalue weighted by atomic mass is 32.2. The van der Waals surface area contributed by atoms with E-state index in [0.29, 0.717) is 34.9 Å². The Kier molecular flexibility index (Phi) is 5.23. The van der Waals surface area contributed by atoms with E-state index in [1.54, 1.807) is 53.3 Å². The number of nitrogens with zero attached hydrogens (tertiary/aromatic N) is 2. The number of ether oxygens (including phenoxy) is 2. The van der Waals surface area contributed by atoms with Gasteiger partial charge < -0.3 is 19.3 Å². The quantitative estimate of drug-likeness (QED) is 0.750. The van der Waals surface area contributed by atoms with Gasteiger partial charge in [0.2, 0.25) is 5.91 Å². The number of methoxy groups -OCH3 is 2. The summed E-state index contributed by atoms with van der Waals surface area (Å²) in [6, 6.07) is 11.7. The van der Waals surface area contributed by atoms with Crippen LogP contribution < -0.4 is 9.64 Å². The molecule has 2 aromatic rings. The zero-order valence-electron chi connectivity index (χ0n) is 16.2. The maximum atomic E-state index is 14.3. The van der Waals surface area contributed by atoms with Gasteiger partial charge in [0.15, 0.2) is 4.87 Å². The molecule has 1 fully saturated rings. The van der Waals surface area contributed by atoms with Crippen molar-refractivity contribution in [2.75, 3.05) is 38.0 Å². The molecule has 6 nitrogen and oxygen atoms in total. The van der Waals surface area contributed by atoms with Gasteiger partial charge in [-0.1, -0.05) is 18.2 Å². The number of carbonyl (C=O) groups excluding carboxylic acids is 2. The van der Waals surface area contributed by atoms with E-state index >= 15 is 0 Å². The Hall–Kier alpha value is -2.58. The number of hydrogen-bond donors (Lipinski definition) is 0.